The maximum atomic E-state index is 12.3. The summed E-state index contributed by atoms with van der Waals surface area (Å²) in [6, 6.07) is -0.218. The van der Waals surface area contributed by atoms with E-state index in [2.05, 4.69) is 5.32 Å². The van der Waals surface area contributed by atoms with Gasteiger partial charge in [0, 0.05) is 19.5 Å². The smallest absolute Gasteiger partial charge is 0.245 e. The van der Waals surface area contributed by atoms with Crippen LogP contribution >= 0.6 is 0 Å². The molecule has 2 aliphatic carbocycles. The van der Waals surface area contributed by atoms with Gasteiger partial charge in [-0.25, -0.2) is 0 Å². The van der Waals surface area contributed by atoms with Crippen molar-refractivity contribution in [3.05, 3.63) is 0 Å². The van der Waals surface area contributed by atoms with Gasteiger partial charge in [-0.3, -0.25) is 9.59 Å². The van der Waals surface area contributed by atoms with E-state index in [-0.39, 0.29) is 17.9 Å². The summed E-state index contributed by atoms with van der Waals surface area (Å²) in [6.07, 6.45) is 6.42. The van der Waals surface area contributed by atoms with Crippen LogP contribution in [0.5, 0.6) is 0 Å². The van der Waals surface area contributed by atoms with Gasteiger partial charge in [0.1, 0.15) is 6.04 Å². The molecule has 0 aromatic carbocycles. The van der Waals surface area contributed by atoms with Gasteiger partial charge >= 0.3 is 0 Å². The third kappa shape index (κ3) is 2.61. The quantitative estimate of drug-likeness (QED) is 0.789. The van der Waals surface area contributed by atoms with Crippen molar-refractivity contribution in [2.75, 3.05) is 13.1 Å². The van der Waals surface area contributed by atoms with Crippen LogP contribution < -0.4 is 5.32 Å². The molecule has 1 N–H and O–H groups in total. The van der Waals surface area contributed by atoms with Gasteiger partial charge < -0.3 is 10.2 Å². The first kappa shape index (κ1) is 11.1. The van der Waals surface area contributed by atoms with Crippen molar-refractivity contribution in [3.63, 3.8) is 0 Å². The summed E-state index contributed by atoms with van der Waals surface area (Å²) >= 11 is 0. The first-order chi connectivity index (χ1) is 8.24. The van der Waals surface area contributed by atoms with Gasteiger partial charge in [0.05, 0.1) is 0 Å². The molecule has 2 saturated carbocycles. The Labute approximate surface area is 102 Å². The summed E-state index contributed by atoms with van der Waals surface area (Å²) in [4.78, 5) is 25.8. The number of hydrogen-bond donors (Lipinski definition) is 1. The minimum absolute atomic E-state index is 0.0455. The van der Waals surface area contributed by atoms with Crippen LogP contribution in [0.25, 0.3) is 0 Å². The molecule has 3 aliphatic rings. The minimum atomic E-state index is -0.218. The molecule has 3 fully saturated rings. The van der Waals surface area contributed by atoms with Gasteiger partial charge in [-0.15, -0.1) is 0 Å². The van der Waals surface area contributed by atoms with Crippen molar-refractivity contribution in [1.82, 2.24) is 10.2 Å². The van der Waals surface area contributed by atoms with Crippen molar-refractivity contribution in [2.24, 2.45) is 11.8 Å². The van der Waals surface area contributed by atoms with E-state index in [9.17, 15) is 9.59 Å². The zero-order valence-corrected chi connectivity index (χ0v) is 10.2. The lowest BCUT2D eigenvalue weighted by atomic mass is 10.1. The van der Waals surface area contributed by atoms with Crippen molar-refractivity contribution in [1.29, 1.82) is 0 Å². The van der Waals surface area contributed by atoms with Crippen LogP contribution in [0.3, 0.4) is 0 Å². The highest BCUT2D eigenvalue weighted by Crippen LogP contribution is 2.35. The number of hydrogen-bond acceptors (Lipinski definition) is 2. The summed E-state index contributed by atoms with van der Waals surface area (Å²) in [5.74, 6) is 1.46. The number of amides is 2. The van der Waals surface area contributed by atoms with Gasteiger partial charge in [-0.05, 0) is 31.1 Å². The molecule has 2 amide bonds. The molecule has 4 heteroatoms. The van der Waals surface area contributed by atoms with E-state index in [1.54, 1.807) is 0 Å². The average Bonchev–Trinajstić information content (AvgIpc) is 3.16. The lowest BCUT2D eigenvalue weighted by Crippen LogP contribution is -2.46. The second kappa shape index (κ2) is 4.31. The Morgan fingerprint density at radius 3 is 2.59 bits per heavy atom. The highest BCUT2D eigenvalue weighted by molar-refractivity contribution is 5.90. The summed E-state index contributed by atoms with van der Waals surface area (Å²) in [5.41, 5.74) is 0. The zero-order valence-electron chi connectivity index (χ0n) is 10.2. The van der Waals surface area contributed by atoms with Gasteiger partial charge in [-0.2, -0.15) is 0 Å². The molecule has 94 valence electrons. The predicted molar refractivity (Wildman–Crippen MR) is 63.2 cm³/mol. The third-order valence-corrected chi connectivity index (χ3v) is 4.10. The second-order valence-electron chi connectivity index (χ2n) is 5.69. The second-order valence-corrected chi connectivity index (χ2v) is 5.69. The van der Waals surface area contributed by atoms with Gasteiger partial charge in [0.25, 0.3) is 0 Å². The molecule has 0 bridgehead atoms. The van der Waals surface area contributed by atoms with Gasteiger partial charge in [0.2, 0.25) is 11.8 Å². The van der Waals surface area contributed by atoms with E-state index < -0.39 is 0 Å². The summed E-state index contributed by atoms with van der Waals surface area (Å²) < 4.78 is 0. The molecule has 1 unspecified atom stereocenters. The van der Waals surface area contributed by atoms with Crippen LogP contribution in [0, 0.1) is 11.8 Å². The van der Waals surface area contributed by atoms with E-state index >= 15 is 0 Å². The highest BCUT2D eigenvalue weighted by Gasteiger charge is 2.41. The number of carbonyl (C=O) groups is 2. The van der Waals surface area contributed by atoms with Crippen molar-refractivity contribution in [2.45, 2.75) is 44.6 Å². The first-order valence-corrected chi connectivity index (χ1v) is 6.82. The van der Waals surface area contributed by atoms with Gasteiger partial charge in [0.15, 0.2) is 0 Å². The molecule has 0 radical (unpaired) electrons. The number of nitrogens with zero attached hydrogens (tertiary/aromatic N) is 1. The fraction of sp³-hybridized carbons (Fsp3) is 0.846. The normalized spacial score (nSPS) is 30.1. The van der Waals surface area contributed by atoms with E-state index in [4.69, 9.17) is 0 Å². The Morgan fingerprint density at radius 1 is 1.18 bits per heavy atom. The summed E-state index contributed by atoms with van der Waals surface area (Å²) in [6.45, 7) is 1.46. The monoisotopic (exact) mass is 236 g/mol. The SMILES string of the molecule is O=C1CCN(CCC2CC2)C(=O)C(C2CC2)N1. The zero-order chi connectivity index (χ0) is 11.8. The maximum Gasteiger partial charge on any atom is 0.245 e. The number of carbonyl (C=O) groups excluding carboxylic acids is 2. The molecule has 1 aliphatic heterocycles. The number of rotatable bonds is 4. The topological polar surface area (TPSA) is 49.4 Å². The number of nitrogens with one attached hydrogen (secondary N) is 1. The maximum absolute atomic E-state index is 12.3. The molecule has 4 nitrogen and oxygen atoms in total. The lowest BCUT2D eigenvalue weighted by molar-refractivity contribution is -0.134. The summed E-state index contributed by atoms with van der Waals surface area (Å²) in [5, 5.41) is 2.89. The van der Waals surface area contributed by atoms with Crippen molar-refractivity contribution in [3.8, 4) is 0 Å². The Hall–Kier alpha value is -1.06. The van der Waals surface area contributed by atoms with E-state index in [0.29, 0.717) is 18.9 Å². The van der Waals surface area contributed by atoms with Crippen LogP contribution in [0.15, 0.2) is 0 Å². The van der Waals surface area contributed by atoms with Crippen LogP contribution in [0.2, 0.25) is 0 Å². The molecule has 0 aromatic heterocycles. The van der Waals surface area contributed by atoms with Crippen LogP contribution in [-0.4, -0.2) is 35.8 Å². The predicted octanol–water partition coefficient (Wildman–Crippen LogP) is 0.914. The molecule has 17 heavy (non-hydrogen) atoms. The van der Waals surface area contributed by atoms with E-state index in [1.165, 1.54) is 12.8 Å². The fourth-order valence-corrected chi connectivity index (χ4v) is 2.57. The van der Waals surface area contributed by atoms with E-state index in [1.807, 2.05) is 4.90 Å². The third-order valence-electron chi connectivity index (χ3n) is 4.10. The molecule has 3 rings (SSSR count). The molecule has 0 aromatic rings. The lowest BCUT2D eigenvalue weighted by Gasteiger charge is -2.23. The standard InChI is InChI=1S/C13H20N2O2/c16-11-6-8-15(7-5-9-1-2-9)13(17)12(14-11)10-3-4-10/h9-10,12H,1-8H2,(H,14,16). The molecular formula is C13H20N2O2. The highest BCUT2D eigenvalue weighted by atomic mass is 16.2. The molecule has 1 atom stereocenters. The largest absolute Gasteiger partial charge is 0.344 e. The van der Waals surface area contributed by atoms with Crippen LogP contribution in [0.4, 0.5) is 0 Å². The minimum Gasteiger partial charge on any atom is -0.344 e. The summed E-state index contributed by atoms with van der Waals surface area (Å²) in [7, 11) is 0. The van der Waals surface area contributed by atoms with Crippen molar-refractivity contribution >= 4 is 11.8 Å². The molecule has 0 spiro atoms. The molecule has 1 heterocycles. The first-order valence-electron chi connectivity index (χ1n) is 6.82. The Morgan fingerprint density at radius 2 is 1.94 bits per heavy atom. The average molecular weight is 236 g/mol. The Bertz CT molecular complexity index is 334. The van der Waals surface area contributed by atoms with Crippen LogP contribution in [-0.2, 0) is 9.59 Å². The van der Waals surface area contributed by atoms with E-state index in [0.717, 1.165) is 31.7 Å². The Balaban J connectivity index is 1.63. The Kier molecular flexibility index (Phi) is 2.81. The van der Waals surface area contributed by atoms with Gasteiger partial charge in [-0.1, -0.05) is 12.8 Å². The fourth-order valence-electron chi connectivity index (χ4n) is 2.57. The molecular weight excluding hydrogens is 216 g/mol. The van der Waals surface area contributed by atoms with Crippen LogP contribution in [0.1, 0.15) is 38.5 Å². The molecule has 1 saturated heterocycles. The van der Waals surface area contributed by atoms with Crippen molar-refractivity contribution < 1.29 is 9.59 Å².